The van der Waals surface area contributed by atoms with Crippen molar-refractivity contribution in [2.75, 3.05) is 13.2 Å². The van der Waals surface area contributed by atoms with E-state index in [1.165, 1.54) is 0 Å². The fourth-order valence-electron chi connectivity index (χ4n) is 3.73. The molecule has 1 aliphatic rings. The second-order valence-electron chi connectivity index (χ2n) is 7.94. The van der Waals surface area contributed by atoms with E-state index < -0.39 is 6.09 Å². The summed E-state index contributed by atoms with van der Waals surface area (Å²) in [5.41, 5.74) is 2.02. The Balaban J connectivity index is 1.26. The van der Waals surface area contributed by atoms with Crippen LogP contribution in [0.2, 0.25) is 0 Å². The fourth-order valence-corrected chi connectivity index (χ4v) is 4.40. The molecular weight excluding hydrogens is 521 g/mol. The van der Waals surface area contributed by atoms with Gasteiger partial charge in [-0.25, -0.2) is 9.48 Å². The summed E-state index contributed by atoms with van der Waals surface area (Å²) >= 11 is 2.26. The normalized spacial score (nSPS) is 17.1. The molecule has 2 aromatic carbocycles. The molecule has 3 aromatic rings. The maximum Gasteiger partial charge on any atom is 0.407 e. The summed E-state index contributed by atoms with van der Waals surface area (Å²) in [6.07, 6.45) is 3.46. The van der Waals surface area contributed by atoms with Crippen molar-refractivity contribution in [1.82, 2.24) is 15.1 Å². The maximum absolute atomic E-state index is 11.9. The Morgan fingerprint density at radius 2 is 2.12 bits per heavy atom. The van der Waals surface area contributed by atoms with Gasteiger partial charge in [-0.2, -0.15) is 5.10 Å². The van der Waals surface area contributed by atoms with Gasteiger partial charge in [0, 0.05) is 25.0 Å². The van der Waals surface area contributed by atoms with E-state index in [0.717, 1.165) is 51.8 Å². The molecule has 0 radical (unpaired) electrons. The molecule has 0 bridgehead atoms. The zero-order valence-electron chi connectivity index (χ0n) is 18.1. The van der Waals surface area contributed by atoms with Gasteiger partial charge in [0.2, 0.25) is 0 Å². The second kappa shape index (κ2) is 11.0. The fraction of sp³-hybridized carbons (Fsp3) is 0.417. The Morgan fingerprint density at radius 1 is 1.28 bits per heavy atom. The molecule has 0 saturated carbocycles. The number of amides is 1. The molecule has 0 aliphatic carbocycles. The molecule has 170 valence electrons. The summed E-state index contributed by atoms with van der Waals surface area (Å²) in [5, 5.41) is 8.54. The molecule has 0 spiro atoms. The highest BCUT2D eigenvalue weighted by Gasteiger charge is 2.20. The summed E-state index contributed by atoms with van der Waals surface area (Å²) in [6, 6.07) is 15.7. The van der Waals surface area contributed by atoms with Crippen LogP contribution in [-0.2, 0) is 16.1 Å². The number of alkyl carbamates (subject to hydrolysis) is 1. The van der Waals surface area contributed by atoms with Gasteiger partial charge in [0.1, 0.15) is 16.1 Å². The third-order valence-corrected chi connectivity index (χ3v) is 6.23. The molecule has 1 N–H and O–H groups in total. The zero-order valence-corrected chi connectivity index (χ0v) is 20.3. The minimum atomic E-state index is -0.422. The van der Waals surface area contributed by atoms with E-state index in [9.17, 15) is 4.79 Å². The third kappa shape index (κ3) is 5.92. The average molecular weight is 549 g/mol. The minimum Gasteiger partial charge on any atom is -0.491 e. The molecule has 7 nitrogen and oxygen atoms in total. The van der Waals surface area contributed by atoms with Crippen LogP contribution in [0.5, 0.6) is 5.75 Å². The first-order valence-electron chi connectivity index (χ1n) is 11.0. The Bertz CT molecular complexity index is 1030. The number of nitrogens with zero attached hydrogens (tertiary/aromatic N) is 2. The number of nitrogens with one attached hydrogen (secondary N) is 1. The predicted molar refractivity (Wildman–Crippen MR) is 131 cm³/mol. The van der Waals surface area contributed by atoms with Gasteiger partial charge in [0.25, 0.3) is 0 Å². The number of benzene rings is 2. The second-order valence-corrected chi connectivity index (χ2v) is 8.96. The molecule has 4 rings (SSSR count). The van der Waals surface area contributed by atoms with Crippen molar-refractivity contribution in [2.45, 2.75) is 51.5 Å². The van der Waals surface area contributed by atoms with Crippen molar-refractivity contribution >= 4 is 39.6 Å². The van der Waals surface area contributed by atoms with Crippen molar-refractivity contribution in [1.29, 1.82) is 0 Å². The summed E-state index contributed by atoms with van der Waals surface area (Å²) in [4.78, 5) is 11.9. The Hall–Kier alpha value is -2.33. The number of hydrogen-bond acceptors (Lipinski definition) is 5. The largest absolute Gasteiger partial charge is 0.491 e. The Labute approximate surface area is 201 Å². The SMILES string of the molecule is C[C@H](CCNC(=O)OCc1ccccc1)Oc1ccc2c(c1)c(I)nn2C1CCCCO1. The lowest BCUT2D eigenvalue weighted by molar-refractivity contribution is -0.0368. The minimum absolute atomic E-state index is 0.00757. The van der Waals surface area contributed by atoms with E-state index in [1.54, 1.807) is 0 Å². The monoisotopic (exact) mass is 549 g/mol. The van der Waals surface area contributed by atoms with Crippen LogP contribution in [-0.4, -0.2) is 35.1 Å². The van der Waals surface area contributed by atoms with Crippen LogP contribution in [0.15, 0.2) is 48.5 Å². The molecule has 1 aromatic heterocycles. The standard InChI is InChI=1S/C24H28IN3O4/c1-17(12-13-26-24(29)31-16-18-7-3-2-4-8-18)32-19-10-11-21-20(15-19)23(25)27-28(21)22-9-5-6-14-30-22/h2-4,7-8,10-11,15,17,22H,5-6,9,12-14,16H2,1H3,(H,26,29)/t17-,22?/m1/s1. The first-order valence-corrected chi connectivity index (χ1v) is 12.1. The average Bonchev–Trinajstić information content (AvgIpc) is 3.15. The van der Waals surface area contributed by atoms with Crippen LogP contribution >= 0.6 is 22.6 Å². The van der Waals surface area contributed by atoms with Gasteiger partial charge in [-0.05, 0) is 72.5 Å². The van der Waals surface area contributed by atoms with Crippen molar-refractivity contribution < 1.29 is 19.0 Å². The van der Waals surface area contributed by atoms with Crippen molar-refractivity contribution in [3.63, 3.8) is 0 Å². The summed E-state index contributed by atoms with van der Waals surface area (Å²) in [7, 11) is 0. The van der Waals surface area contributed by atoms with E-state index in [2.05, 4.69) is 27.9 Å². The highest BCUT2D eigenvalue weighted by atomic mass is 127. The van der Waals surface area contributed by atoms with Crippen LogP contribution in [0.1, 0.15) is 44.4 Å². The lowest BCUT2D eigenvalue weighted by Gasteiger charge is -2.23. The smallest absolute Gasteiger partial charge is 0.407 e. The topological polar surface area (TPSA) is 74.6 Å². The quantitative estimate of drug-likeness (QED) is 0.380. The van der Waals surface area contributed by atoms with Crippen LogP contribution in [0.25, 0.3) is 10.9 Å². The van der Waals surface area contributed by atoms with E-state index >= 15 is 0 Å². The maximum atomic E-state index is 11.9. The van der Waals surface area contributed by atoms with Gasteiger partial charge in [0.15, 0.2) is 6.23 Å². The lowest BCUT2D eigenvalue weighted by atomic mass is 10.2. The number of halogens is 1. The first kappa shape index (κ1) is 22.8. The van der Waals surface area contributed by atoms with Crippen LogP contribution in [0.4, 0.5) is 4.79 Å². The number of carbonyl (C=O) groups excluding carboxylic acids is 1. The third-order valence-electron chi connectivity index (χ3n) is 5.43. The molecule has 1 aliphatic heterocycles. The van der Waals surface area contributed by atoms with Gasteiger partial charge < -0.3 is 19.5 Å². The van der Waals surface area contributed by atoms with E-state index in [1.807, 2.05) is 60.1 Å². The molecule has 1 amide bonds. The van der Waals surface area contributed by atoms with Gasteiger partial charge in [0.05, 0.1) is 11.6 Å². The van der Waals surface area contributed by atoms with Crippen molar-refractivity contribution in [3.8, 4) is 5.75 Å². The molecule has 32 heavy (non-hydrogen) atoms. The molecule has 1 unspecified atom stereocenters. The van der Waals surface area contributed by atoms with Crippen LogP contribution in [0, 0.1) is 3.70 Å². The van der Waals surface area contributed by atoms with E-state index in [0.29, 0.717) is 13.0 Å². The molecule has 2 heterocycles. The molecule has 2 atom stereocenters. The number of fused-ring (bicyclic) bond motifs is 1. The summed E-state index contributed by atoms with van der Waals surface area (Å²) in [5.74, 6) is 0.790. The van der Waals surface area contributed by atoms with Gasteiger partial charge in [-0.1, -0.05) is 30.3 Å². The van der Waals surface area contributed by atoms with E-state index in [4.69, 9.17) is 19.3 Å². The molecule has 1 saturated heterocycles. The van der Waals surface area contributed by atoms with Crippen LogP contribution in [0.3, 0.4) is 0 Å². The molecule has 1 fully saturated rings. The molecule has 8 heteroatoms. The number of aromatic nitrogens is 2. The number of rotatable bonds is 8. The molecular formula is C24H28IN3O4. The van der Waals surface area contributed by atoms with Crippen molar-refractivity contribution in [2.24, 2.45) is 0 Å². The van der Waals surface area contributed by atoms with Gasteiger partial charge in [-0.3, -0.25) is 0 Å². The van der Waals surface area contributed by atoms with Gasteiger partial charge >= 0.3 is 6.09 Å². The van der Waals surface area contributed by atoms with Gasteiger partial charge in [-0.15, -0.1) is 0 Å². The van der Waals surface area contributed by atoms with Crippen molar-refractivity contribution in [3.05, 3.63) is 57.8 Å². The number of hydrogen-bond donors (Lipinski definition) is 1. The van der Waals surface area contributed by atoms with Crippen LogP contribution < -0.4 is 10.1 Å². The zero-order chi connectivity index (χ0) is 22.3. The summed E-state index contributed by atoms with van der Waals surface area (Å²) < 4.78 is 20.1. The lowest BCUT2D eigenvalue weighted by Crippen LogP contribution is -2.28. The summed E-state index contributed by atoms with van der Waals surface area (Å²) in [6.45, 7) is 3.52. The predicted octanol–water partition coefficient (Wildman–Crippen LogP) is 5.42. The highest BCUT2D eigenvalue weighted by molar-refractivity contribution is 14.1. The first-order chi connectivity index (χ1) is 15.6. The number of carbonyl (C=O) groups is 1. The number of ether oxygens (including phenoxy) is 3. The Morgan fingerprint density at radius 3 is 2.91 bits per heavy atom. The Kier molecular flexibility index (Phi) is 7.85. The highest BCUT2D eigenvalue weighted by Crippen LogP contribution is 2.31. The van der Waals surface area contributed by atoms with E-state index in [-0.39, 0.29) is 18.9 Å².